The van der Waals surface area contributed by atoms with Crippen molar-refractivity contribution in [2.45, 2.75) is 12.5 Å². The molecule has 0 aliphatic heterocycles. The van der Waals surface area contributed by atoms with Gasteiger partial charge in [0.1, 0.15) is 5.84 Å². The van der Waals surface area contributed by atoms with E-state index in [1.54, 1.807) is 24.3 Å². The summed E-state index contributed by atoms with van der Waals surface area (Å²) in [6, 6.07) is 16.4. The number of aliphatic hydroxyl groups is 1. The number of rotatable bonds is 10. The molecule has 0 aliphatic rings. The fourth-order valence-electron chi connectivity index (χ4n) is 2.53. The average Bonchev–Trinajstić information content (AvgIpc) is 2.66. The largest absolute Gasteiger partial charge is 0.390 e. The van der Waals surface area contributed by atoms with Gasteiger partial charge in [0.25, 0.3) is 0 Å². The topological polar surface area (TPSA) is 120 Å². The van der Waals surface area contributed by atoms with Crippen LogP contribution in [-0.2, 0) is 16.4 Å². The molecule has 0 saturated carbocycles. The molecule has 1 atom stereocenters. The lowest BCUT2D eigenvalue weighted by Gasteiger charge is -2.21. The van der Waals surface area contributed by atoms with Gasteiger partial charge in [0.2, 0.25) is 10.0 Å². The highest BCUT2D eigenvalue weighted by molar-refractivity contribution is 7.89. The summed E-state index contributed by atoms with van der Waals surface area (Å²) in [7, 11) is -1.97. The maximum absolute atomic E-state index is 12.4. The Morgan fingerprint density at radius 3 is 2.41 bits per heavy atom. The van der Waals surface area contributed by atoms with Crippen LogP contribution in [0.25, 0.3) is 0 Å². The van der Waals surface area contributed by atoms with Gasteiger partial charge in [-0.2, -0.15) is 0 Å². The molecule has 0 spiro atoms. The van der Waals surface area contributed by atoms with Crippen LogP contribution in [0.1, 0.15) is 11.1 Å². The number of likely N-dealkylation sites (N-methyl/N-ethyl adjacent to an activating group) is 1. The smallest absolute Gasteiger partial charge is 0.214 e. The van der Waals surface area contributed by atoms with E-state index in [1.807, 2.05) is 30.3 Å². The highest BCUT2D eigenvalue weighted by Crippen LogP contribution is 2.10. The van der Waals surface area contributed by atoms with Crippen molar-refractivity contribution >= 4 is 21.5 Å². The van der Waals surface area contributed by atoms with Gasteiger partial charge < -0.3 is 16.2 Å². The van der Waals surface area contributed by atoms with Crippen LogP contribution in [0, 0.1) is 5.41 Å². The number of nitrogens with two attached hydrogens (primary N) is 1. The van der Waals surface area contributed by atoms with E-state index < -0.39 is 16.1 Å². The number of benzene rings is 2. The summed E-state index contributed by atoms with van der Waals surface area (Å²) >= 11 is 0. The Balaban J connectivity index is 1.81. The number of hydrogen-bond donors (Lipinski definition) is 4. The minimum absolute atomic E-state index is 0.000169. The number of aliphatic hydroxyl groups excluding tert-OH is 1. The fraction of sp³-hybridized carbons (Fsp3) is 0.316. The lowest BCUT2D eigenvalue weighted by atomic mass is 10.2. The quantitative estimate of drug-likeness (QED) is 0.359. The molecular weight excluding hydrogens is 364 g/mol. The Labute approximate surface area is 160 Å². The molecule has 8 heteroatoms. The Kier molecular flexibility index (Phi) is 7.35. The van der Waals surface area contributed by atoms with E-state index in [4.69, 9.17) is 11.1 Å². The molecular formula is C19H26N4O3S. The van der Waals surface area contributed by atoms with Crippen LogP contribution < -0.4 is 11.1 Å². The first-order valence-electron chi connectivity index (χ1n) is 8.62. The van der Waals surface area contributed by atoms with Gasteiger partial charge in [-0.3, -0.25) is 5.41 Å². The summed E-state index contributed by atoms with van der Waals surface area (Å²) in [5.74, 6) is -0.0101. The van der Waals surface area contributed by atoms with Crippen molar-refractivity contribution in [1.82, 2.24) is 4.31 Å². The number of amidine groups is 1. The second kappa shape index (κ2) is 9.50. The summed E-state index contributed by atoms with van der Waals surface area (Å²) in [6.07, 6.45) is -0.418. The van der Waals surface area contributed by atoms with Crippen LogP contribution in [0.2, 0.25) is 0 Å². The van der Waals surface area contributed by atoms with E-state index in [0.29, 0.717) is 12.0 Å². The summed E-state index contributed by atoms with van der Waals surface area (Å²) in [6.45, 7) is 0.216. The van der Waals surface area contributed by atoms with Crippen LogP contribution in [0.3, 0.4) is 0 Å². The molecule has 0 aromatic heterocycles. The van der Waals surface area contributed by atoms with E-state index in [0.717, 1.165) is 11.3 Å². The summed E-state index contributed by atoms with van der Waals surface area (Å²) in [5, 5.41) is 20.5. The molecule has 5 N–H and O–H groups in total. The molecule has 0 amide bonds. The van der Waals surface area contributed by atoms with Crippen LogP contribution in [0.4, 0.5) is 5.69 Å². The van der Waals surface area contributed by atoms with Crippen LogP contribution in [0.15, 0.2) is 54.6 Å². The first-order chi connectivity index (χ1) is 12.8. The number of nitrogens with zero attached hydrogens (tertiary/aromatic N) is 1. The molecule has 2 rings (SSSR count). The highest BCUT2D eigenvalue weighted by atomic mass is 32.2. The molecule has 0 radical (unpaired) electrons. The van der Waals surface area contributed by atoms with E-state index in [9.17, 15) is 13.5 Å². The normalized spacial score (nSPS) is 12.7. The van der Waals surface area contributed by atoms with Gasteiger partial charge in [-0.25, -0.2) is 12.7 Å². The SMILES string of the molecule is CN(CC(O)CNc1ccc(C(=N)N)cc1)S(=O)(=O)CCc1ccccc1. The standard InChI is InChI=1S/C19H26N4O3S/c1-23(27(25,26)12-11-15-5-3-2-4-6-15)14-18(24)13-22-17-9-7-16(8-10-17)19(20)21/h2-10,18,22,24H,11-14H2,1H3,(H3,20,21). The molecule has 2 aromatic rings. The maximum atomic E-state index is 12.4. The van der Waals surface area contributed by atoms with E-state index in [2.05, 4.69) is 5.32 Å². The number of nitrogen functional groups attached to an aromatic ring is 1. The first-order valence-corrected chi connectivity index (χ1v) is 10.2. The molecule has 27 heavy (non-hydrogen) atoms. The Hall–Kier alpha value is -2.42. The molecule has 0 bridgehead atoms. The number of nitrogens with one attached hydrogen (secondary N) is 2. The second-order valence-electron chi connectivity index (χ2n) is 6.36. The maximum Gasteiger partial charge on any atom is 0.214 e. The second-order valence-corrected chi connectivity index (χ2v) is 8.55. The number of hydrogen-bond acceptors (Lipinski definition) is 5. The van der Waals surface area contributed by atoms with Crippen LogP contribution in [0.5, 0.6) is 0 Å². The fourth-order valence-corrected chi connectivity index (χ4v) is 3.73. The third-order valence-electron chi connectivity index (χ3n) is 4.17. The first kappa shape index (κ1) is 20.9. The molecule has 2 aromatic carbocycles. The predicted molar refractivity (Wildman–Crippen MR) is 109 cm³/mol. The minimum Gasteiger partial charge on any atom is -0.390 e. The third-order valence-corrected chi connectivity index (χ3v) is 5.99. The molecule has 0 aliphatic carbocycles. The van der Waals surface area contributed by atoms with E-state index in [1.165, 1.54) is 11.4 Å². The molecule has 0 saturated heterocycles. The summed E-state index contributed by atoms with van der Waals surface area (Å²) in [5.41, 5.74) is 7.74. The van der Waals surface area contributed by atoms with Crippen molar-refractivity contribution in [2.75, 3.05) is 31.2 Å². The van der Waals surface area contributed by atoms with Crippen molar-refractivity contribution < 1.29 is 13.5 Å². The Bertz CT molecular complexity index is 839. The summed E-state index contributed by atoms with van der Waals surface area (Å²) < 4.78 is 26.0. The molecule has 1 unspecified atom stereocenters. The highest BCUT2D eigenvalue weighted by Gasteiger charge is 2.20. The zero-order valence-corrected chi connectivity index (χ0v) is 16.1. The van der Waals surface area contributed by atoms with Crippen molar-refractivity contribution in [3.8, 4) is 0 Å². The van der Waals surface area contributed by atoms with Gasteiger partial charge >= 0.3 is 0 Å². The van der Waals surface area contributed by atoms with Gasteiger partial charge in [0.05, 0.1) is 11.9 Å². The zero-order chi connectivity index (χ0) is 19.9. The lowest BCUT2D eigenvalue weighted by molar-refractivity contribution is 0.164. The molecule has 0 fully saturated rings. The van der Waals surface area contributed by atoms with Crippen LogP contribution in [-0.4, -0.2) is 55.7 Å². The predicted octanol–water partition coefficient (Wildman–Crippen LogP) is 1.25. The molecule has 146 valence electrons. The third kappa shape index (κ3) is 6.67. The number of sulfonamides is 1. The zero-order valence-electron chi connectivity index (χ0n) is 15.3. The lowest BCUT2D eigenvalue weighted by Crippen LogP contribution is -2.38. The minimum atomic E-state index is -3.44. The van der Waals surface area contributed by atoms with Gasteiger partial charge in [-0.05, 0) is 36.2 Å². The molecule has 0 heterocycles. The van der Waals surface area contributed by atoms with Crippen LogP contribution >= 0.6 is 0 Å². The van der Waals surface area contributed by atoms with E-state index in [-0.39, 0.29) is 24.7 Å². The van der Waals surface area contributed by atoms with Crippen molar-refractivity contribution in [3.63, 3.8) is 0 Å². The van der Waals surface area contributed by atoms with Crippen molar-refractivity contribution in [3.05, 3.63) is 65.7 Å². The number of aryl methyl sites for hydroxylation is 1. The van der Waals surface area contributed by atoms with Crippen molar-refractivity contribution in [2.24, 2.45) is 5.73 Å². The van der Waals surface area contributed by atoms with Gasteiger partial charge in [0.15, 0.2) is 0 Å². The molecule has 7 nitrogen and oxygen atoms in total. The Morgan fingerprint density at radius 2 is 1.81 bits per heavy atom. The monoisotopic (exact) mass is 390 g/mol. The number of anilines is 1. The van der Waals surface area contributed by atoms with Gasteiger partial charge in [-0.1, -0.05) is 30.3 Å². The van der Waals surface area contributed by atoms with Gasteiger partial charge in [0, 0.05) is 31.4 Å². The average molecular weight is 391 g/mol. The Morgan fingerprint density at radius 1 is 1.19 bits per heavy atom. The van der Waals surface area contributed by atoms with Crippen molar-refractivity contribution in [1.29, 1.82) is 5.41 Å². The van der Waals surface area contributed by atoms with Gasteiger partial charge in [-0.15, -0.1) is 0 Å². The van der Waals surface area contributed by atoms with E-state index >= 15 is 0 Å². The summed E-state index contributed by atoms with van der Waals surface area (Å²) in [4.78, 5) is 0.